The molecule has 1 saturated carbocycles. The highest BCUT2D eigenvalue weighted by Gasteiger charge is 2.35. The third-order valence-electron chi connectivity index (χ3n) is 5.14. The Bertz CT molecular complexity index is 995. The number of rotatable bonds is 7. The van der Waals surface area contributed by atoms with Crippen LogP contribution in [0.4, 0.5) is 8.78 Å². The summed E-state index contributed by atoms with van der Waals surface area (Å²) < 4.78 is 34.8. The van der Waals surface area contributed by atoms with Crippen LogP contribution in [0.15, 0.2) is 84.7 Å². The summed E-state index contributed by atoms with van der Waals surface area (Å²) in [6.07, 6.45) is 3.95. The molecule has 4 heteroatoms. The summed E-state index contributed by atoms with van der Waals surface area (Å²) in [6.45, 7) is 0. The van der Waals surface area contributed by atoms with E-state index in [1.54, 1.807) is 36.4 Å². The van der Waals surface area contributed by atoms with Gasteiger partial charge in [0.1, 0.15) is 23.1 Å². The van der Waals surface area contributed by atoms with Crippen LogP contribution < -0.4 is 4.74 Å². The number of benzene rings is 3. The highest BCUT2D eigenvalue weighted by Crippen LogP contribution is 2.47. The van der Waals surface area contributed by atoms with Gasteiger partial charge in [-0.05, 0) is 72.7 Å². The van der Waals surface area contributed by atoms with E-state index in [2.05, 4.69) is 0 Å². The van der Waals surface area contributed by atoms with Crippen molar-refractivity contribution in [3.05, 3.63) is 107 Å². The van der Waals surface area contributed by atoms with Gasteiger partial charge in [-0.1, -0.05) is 48.0 Å². The molecule has 29 heavy (non-hydrogen) atoms. The summed E-state index contributed by atoms with van der Waals surface area (Å²) in [6, 6.07) is 20.9. The Hall–Kier alpha value is -2.65. The van der Waals surface area contributed by atoms with E-state index >= 15 is 4.39 Å². The molecule has 0 aliphatic heterocycles. The Labute approximate surface area is 174 Å². The van der Waals surface area contributed by atoms with Gasteiger partial charge in [0.25, 0.3) is 0 Å². The maximum atomic E-state index is 15.2. The van der Waals surface area contributed by atoms with Gasteiger partial charge < -0.3 is 4.74 Å². The zero-order chi connectivity index (χ0) is 20.2. The predicted molar refractivity (Wildman–Crippen MR) is 113 cm³/mol. The van der Waals surface area contributed by atoms with Crippen LogP contribution in [0, 0.1) is 11.7 Å². The molecule has 4 rings (SSSR count). The number of allylic oxidation sites excluding steroid dienone is 2. The van der Waals surface area contributed by atoms with Gasteiger partial charge in [0, 0.05) is 17.0 Å². The Kier molecular flexibility index (Phi) is 5.96. The van der Waals surface area contributed by atoms with Crippen LogP contribution >= 0.6 is 11.6 Å². The van der Waals surface area contributed by atoms with Gasteiger partial charge in [-0.3, -0.25) is 0 Å². The summed E-state index contributed by atoms with van der Waals surface area (Å²) in [5.41, 5.74) is 1.67. The van der Waals surface area contributed by atoms with Crippen molar-refractivity contribution in [2.45, 2.75) is 25.2 Å². The Balaban J connectivity index is 1.56. The van der Waals surface area contributed by atoms with E-state index in [9.17, 15) is 4.39 Å². The number of para-hydroxylation sites is 1. The summed E-state index contributed by atoms with van der Waals surface area (Å²) >= 11 is 5.98. The summed E-state index contributed by atoms with van der Waals surface area (Å²) in [5.74, 6) is 0.522. The molecule has 1 fully saturated rings. The lowest BCUT2D eigenvalue weighted by Crippen LogP contribution is -2.03. The third-order valence-corrected chi connectivity index (χ3v) is 5.39. The van der Waals surface area contributed by atoms with Gasteiger partial charge in [-0.25, -0.2) is 8.78 Å². The Morgan fingerprint density at radius 3 is 2.45 bits per heavy atom. The quantitative estimate of drug-likeness (QED) is 0.385. The highest BCUT2D eigenvalue weighted by atomic mass is 35.5. The van der Waals surface area contributed by atoms with Crippen molar-refractivity contribution in [1.82, 2.24) is 0 Å². The standard InChI is InChI=1S/C25H21ClF2O/c26-20-12-8-19(9-13-20)25(18-6-7-18)23(28)15-11-17-10-14-21(27)16-24(17)29-22-4-2-1-3-5-22/h1-5,8-10,12-16,18,25H,6-7,11H2/b23-15-. The molecule has 0 bridgehead atoms. The lowest BCUT2D eigenvalue weighted by Gasteiger charge is -2.16. The third kappa shape index (κ3) is 5.04. The molecule has 0 aromatic heterocycles. The zero-order valence-corrected chi connectivity index (χ0v) is 16.6. The second kappa shape index (κ2) is 8.79. The average Bonchev–Trinajstić information content (AvgIpc) is 3.55. The second-order valence-electron chi connectivity index (χ2n) is 7.33. The summed E-state index contributed by atoms with van der Waals surface area (Å²) in [7, 11) is 0. The maximum absolute atomic E-state index is 15.2. The lowest BCUT2D eigenvalue weighted by molar-refractivity contribution is 0.470. The minimum Gasteiger partial charge on any atom is -0.457 e. The normalized spacial score (nSPS) is 15.2. The molecule has 1 atom stereocenters. The van der Waals surface area contributed by atoms with Crippen molar-refractivity contribution in [2.75, 3.05) is 0 Å². The van der Waals surface area contributed by atoms with Crippen molar-refractivity contribution >= 4 is 11.6 Å². The minimum atomic E-state index is -0.388. The van der Waals surface area contributed by atoms with Gasteiger partial charge in [0.2, 0.25) is 0 Å². The van der Waals surface area contributed by atoms with Crippen molar-refractivity contribution in [3.8, 4) is 11.5 Å². The van der Waals surface area contributed by atoms with E-state index in [1.807, 2.05) is 30.3 Å². The maximum Gasteiger partial charge on any atom is 0.133 e. The molecule has 0 saturated heterocycles. The SMILES string of the molecule is F/C(=C\Cc1ccc(F)cc1Oc1ccccc1)C(c1ccc(Cl)cc1)C1CC1. The number of hydrogen-bond acceptors (Lipinski definition) is 1. The van der Waals surface area contributed by atoms with Crippen molar-refractivity contribution in [3.63, 3.8) is 0 Å². The molecule has 3 aromatic carbocycles. The van der Waals surface area contributed by atoms with Crippen LogP contribution in [0.3, 0.4) is 0 Å². The molecule has 1 aliphatic rings. The van der Waals surface area contributed by atoms with Crippen LogP contribution in [-0.2, 0) is 6.42 Å². The summed E-state index contributed by atoms with van der Waals surface area (Å²) in [4.78, 5) is 0. The van der Waals surface area contributed by atoms with E-state index in [-0.39, 0.29) is 17.6 Å². The first kappa shape index (κ1) is 19.7. The molecule has 0 radical (unpaired) electrons. The Morgan fingerprint density at radius 2 is 1.76 bits per heavy atom. The zero-order valence-electron chi connectivity index (χ0n) is 15.8. The average molecular weight is 411 g/mol. The molecule has 3 aromatic rings. The topological polar surface area (TPSA) is 9.23 Å². The lowest BCUT2D eigenvalue weighted by atomic mass is 9.92. The van der Waals surface area contributed by atoms with Gasteiger partial charge >= 0.3 is 0 Å². The van der Waals surface area contributed by atoms with Crippen LogP contribution in [0.1, 0.15) is 29.9 Å². The van der Waals surface area contributed by atoms with Gasteiger partial charge in [-0.15, -0.1) is 0 Å². The van der Waals surface area contributed by atoms with Gasteiger partial charge in [-0.2, -0.15) is 0 Å². The van der Waals surface area contributed by atoms with E-state index in [4.69, 9.17) is 16.3 Å². The molecule has 1 aliphatic carbocycles. The van der Waals surface area contributed by atoms with Crippen LogP contribution in [-0.4, -0.2) is 0 Å². The van der Waals surface area contributed by atoms with E-state index in [1.165, 1.54) is 12.1 Å². The smallest absolute Gasteiger partial charge is 0.133 e. The highest BCUT2D eigenvalue weighted by molar-refractivity contribution is 6.30. The van der Waals surface area contributed by atoms with E-state index in [0.29, 0.717) is 28.9 Å². The van der Waals surface area contributed by atoms with Crippen molar-refractivity contribution in [1.29, 1.82) is 0 Å². The fraction of sp³-hybridized carbons (Fsp3) is 0.200. The first-order chi connectivity index (χ1) is 14.1. The molecular weight excluding hydrogens is 390 g/mol. The van der Waals surface area contributed by atoms with E-state index < -0.39 is 0 Å². The first-order valence-corrected chi connectivity index (χ1v) is 10.1. The Morgan fingerprint density at radius 1 is 1.03 bits per heavy atom. The molecule has 0 amide bonds. The molecule has 0 N–H and O–H groups in total. The van der Waals surface area contributed by atoms with Crippen LogP contribution in [0.5, 0.6) is 11.5 Å². The number of hydrogen-bond donors (Lipinski definition) is 0. The van der Waals surface area contributed by atoms with Crippen LogP contribution in [0.2, 0.25) is 5.02 Å². The molecule has 148 valence electrons. The van der Waals surface area contributed by atoms with Crippen molar-refractivity contribution < 1.29 is 13.5 Å². The number of halogens is 3. The summed E-state index contributed by atoms with van der Waals surface area (Å²) in [5, 5.41) is 0.640. The largest absolute Gasteiger partial charge is 0.457 e. The molecule has 1 unspecified atom stereocenters. The van der Waals surface area contributed by atoms with Crippen LogP contribution in [0.25, 0.3) is 0 Å². The fourth-order valence-electron chi connectivity index (χ4n) is 3.50. The molecule has 0 spiro atoms. The molecule has 0 heterocycles. The minimum absolute atomic E-state index is 0.162. The monoisotopic (exact) mass is 410 g/mol. The first-order valence-electron chi connectivity index (χ1n) is 9.72. The van der Waals surface area contributed by atoms with E-state index in [0.717, 1.165) is 24.0 Å². The molecule has 1 nitrogen and oxygen atoms in total. The molecular formula is C25H21ClF2O. The fourth-order valence-corrected chi connectivity index (χ4v) is 3.62. The number of ether oxygens (including phenoxy) is 1. The van der Waals surface area contributed by atoms with Crippen molar-refractivity contribution in [2.24, 2.45) is 5.92 Å². The predicted octanol–water partition coefficient (Wildman–Crippen LogP) is 7.86. The van der Waals surface area contributed by atoms with Gasteiger partial charge in [0.05, 0.1) is 0 Å². The second-order valence-corrected chi connectivity index (χ2v) is 7.76. The van der Waals surface area contributed by atoms with Gasteiger partial charge in [0.15, 0.2) is 0 Å².